The van der Waals surface area contributed by atoms with Crippen LogP contribution in [0, 0.1) is 6.92 Å². The fourth-order valence-corrected chi connectivity index (χ4v) is 2.51. The van der Waals surface area contributed by atoms with Gasteiger partial charge in [0, 0.05) is 24.8 Å². The van der Waals surface area contributed by atoms with E-state index >= 15 is 0 Å². The third-order valence-corrected chi connectivity index (χ3v) is 3.55. The maximum atomic E-state index is 6.05. The lowest BCUT2D eigenvalue weighted by atomic mass is 10.1. The average molecular weight is 290 g/mol. The first kappa shape index (κ1) is 13.3. The van der Waals surface area contributed by atoms with Crippen molar-refractivity contribution in [3.05, 3.63) is 52.4 Å². The predicted molar refractivity (Wildman–Crippen MR) is 77.9 cm³/mol. The van der Waals surface area contributed by atoms with Crippen molar-refractivity contribution < 1.29 is 4.74 Å². The molecule has 0 aromatic carbocycles. The zero-order valence-corrected chi connectivity index (χ0v) is 12.3. The van der Waals surface area contributed by atoms with E-state index in [-0.39, 0.29) is 6.10 Å². The number of likely N-dealkylation sites (N-methyl/N-ethyl adjacent to an activating group) is 1. The number of aromatic nitrogens is 2. The van der Waals surface area contributed by atoms with Crippen LogP contribution in [-0.2, 0) is 6.54 Å². The number of pyridine rings is 2. The summed E-state index contributed by atoms with van der Waals surface area (Å²) in [5, 5.41) is 0.448. The van der Waals surface area contributed by atoms with Crippen LogP contribution in [0.3, 0.4) is 0 Å². The minimum absolute atomic E-state index is 0.132. The van der Waals surface area contributed by atoms with Crippen molar-refractivity contribution in [1.82, 2.24) is 14.9 Å². The zero-order valence-electron chi connectivity index (χ0n) is 11.5. The number of ether oxygens (including phenoxy) is 1. The van der Waals surface area contributed by atoms with Crippen LogP contribution >= 0.6 is 11.6 Å². The molecule has 0 unspecified atom stereocenters. The van der Waals surface area contributed by atoms with E-state index in [0.717, 1.165) is 24.3 Å². The SMILES string of the molecule is Cc1ccnc([C@H]2CN(C)Cc3ccc(Cl)nc3O2)c1. The van der Waals surface area contributed by atoms with Crippen LogP contribution in [-0.4, -0.2) is 28.5 Å². The third kappa shape index (κ3) is 2.76. The van der Waals surface area contributed by atoms with Crippen molar-refractivity contribution in [2.24, 2.45) is 0 Å². The van der Waals surface area contributed by atoms with Gasteiger partial charge in [0.2, 0.25) is 5.88 Å². The third-order valence-electron chi connectivity index (χ3n) is 3.34. The van der Waals surface area contributed by atoms with Crippen molar-refractivity contribution >= 4 is 11.6 Å². The van der Waals surface area contributed by atoms with Gasteiger partial charge in [-0.1, -0.05) is 11.6 Å². The fraction of sp³-hybridized carbons (Fsp3) is 0.333. The minimum Gasteiger partial charge on any atom is -0.466 e. The normalized spacial score (nSPS) is 19.1. The van der Waals surface area contributed by atoms with E-state index in [9.17, 15) is 0 Å². The Morgan fingerprint density at radius 1 is 1.35 bits per heavy atom. The second-order valence-corrected chi connectivity index (χ2v) is 5.55. The summed E-state index contributed by atoms with van der Waals surface area (Å²) < 4.78 is 6.05. The number of fused-ring (bicyclic) bond motifs is 1. The lowest BCUT2D eigenvalue weighted by molar-refractivity contribution is 0.156. The summed E-state index contributed by atoms with van der Waals surface area (Å²) in [5.74, 6) is 0.607. The van der Waals surface area contributed by atoms with E-state index in [0.29, 0.717) is 11.0 Å². The molecule has 0 bridgehead atoms. The molecular formula is C15H16ClN3O. The molecule has 0 radical (unpaired) electrons. The lowest BCUT2D eigenvalue weighted by Crippen LogP contribution is -2.24. The number of rotatable bonds is 1. The number of hydrogen-bond donors (Lipinski definition) is 0. The summed E-state index contributed by atoms with van der Waals surface area (Å²) in [7, 11) is 2.07. The molecule has 0 fully saturated rings. The summed E-state index contributed by atoms with van der Waals surface area (Å²) in [5.41, 5.74) is 3.14. The summed E-state index contributed by atoms with van der Waals surface area (Å²) in [6, 6.07) is 7.79. The topological polar surface area (TPSA) is 38.2 Å². The highest BCUT2D eigenvalue weighted by atomic mass is 35.5. The predicted octanol–water partition coefficient (Wildman–Crippen LogP) is 3.00. The summed E-state index contributed by atoms with van der Waals surface area (Å²) >= 11 is 5.96. The van der Waals surface area contributed by atoms with Gasteiger partial charge in [-0.25, -0.2) is 4.98 Å². The molecular weight excluding hydrogens is 274 g/mol. The highest BCUT2D eigenvalue weighted by Crippen LogP contribution is 2.29. The van der Waals surface area contributed by atoms with Gasteiger partial charge < -0.3 is 4.74 Å². The molecule has 4 nitrogen and oxygen atoms in total. The molecule has 1 aliphatic heterocycles. The van der Waals surface area contributed by atoms with Crippen LogP contribution in [0.1, 0.15) is 22.9 Å². The molecule has 20 heavy (non-hydrogen) atoms. The summed E-state index contributed by atoms with van der Waals surface area (Å²) in [6.07, 6.45) is 1.68. The van der Waals surface area contributed by atoms with Crippen molar-refractivity contribution in [2.45, 2.75) is 19.6 Å². The first-order valence-corrected chi connectivity index (χ1v) is 6.93. The Morgan fingerprint density at radius 3 is 3.00 bits per heavy atom. The molecule has 1 aliphatic rings. The Morgan fingerprint density at radius 2 is 2.20 bits per heavy atom. The highest BCUT2D eigenvalue weighted by Gasteiger charge is 2.24. The van der Waals surface area contributed by atoms with Crippen LogP contribution in [0.25, 0.3) is 0 Å². The fourth-order valence-electron chi connectivity index (χ4n) is 2.37. The van der Waals surface area contributed by atoms with Gasteiger partial charge in [-0.3, -0.25) is 9.88 Å². The molecule has 0 amide bonds. The summed E-state index contributed by atoms with van der Waals surface area (Å²) in [4.78, 5) is 10.9. The van der Waals surface area contributed by atoms with Gasteiger partial charge in [0.1, 0.15) is 5.15 Å². The van der Waals surface area contributed by atoms with Crippen LogP contribution in [0.15, 0.2) is 30.5 Å². The molecule has 0 saturated carbocycles. The van der Waals surface area contributed by atoms with Gasteiger partial charge in [0.05, 0.1) is 5.69 Å². The Labute approximate surface area is 123 Å². The molecule has 2 aromatic rings. The first-order valence-electron chi connectivity index (χ1n) is 6.55. The van der Waals surface area contributed by atoms with Gasteiger partial charge in [-0.2, -0.15) is 0 Å². The lowest BCUT2D eigenvalue weighted by Gasteiger charge is -2.19. The molecule has 0 spiro atoms. The molecule has 1 atom stereocenters. The smallest absolute Gasteiger partial charge is 0.220 e. The van der Waals surface area contributed by atoms with Crippen LogP contribution < -0.4 is 4.74 Å². The number of hydrogen-bond acceptors (Lipinski definition) is 4. The molecule has 3 heterocycles. The van der Waals surface area contributed by atoms with Crippen molar-refractivity contribution in [2.75, 3.05) is 13.6 Å². The number of halogens is 1. The van der Waals surface area contributed by atoms with Gasteiger partial charge in [0.15, 0.2) is 6.10 Å². The van der Waals surface area contributed by atoms with Gasteiger partial charge in [0.25, 0.3) is 0 Å². The molecule has 0 saturated heterocycles. The largest absolute Gasteiger partial charge is 0.466 e. The number of aryl methyl sites for hydroxylation is 1. The van der Waals surface area contributed by atoms with E-state index in [1.54, 1.807) is 6.07 Å². The van der Waals surface area contributed by atoms with Gasteiger partial charge in [-0.15, -0.1) is 0 Å². The Balaban J connectivity index is 1.97. The van der Waals surface area contributed by atoms with Gasteiger partial charge in [-0.05, 0) is 43.8 Å². The number of nitrogens with zero attached hydrogens (tertiary/aromatic N) is 3. The molecule has 2 aromatic heterocycles. The Kier molecular flexibility index (Phi) is 3.59. The van der Waals surface area contributed by atoms with E-state index < -0.39 is 0 Å². The molecule has 0 aliphatic carbocycles. The monoisotopic (exact) mass is 289 g/mol. The highest BCUT2D eigenvalue weighted by molar-refractivity contribution is 6.29. The van der Waals surface area contributed by atoms with Crippen LogP contribution in [0.5, 0.6) is 5.88 Å². The average Bonchev–Trinajstić information content (AvgIpc) is 2.56. The molecule has 3 rings (SSSR count). The van der Waals surface area contributed by atoms with E-state index in [4.69, 9.17) is 16.3 Å². The Hall–Kier alpha value is -1.65. The minimum atomic E-state index is -0.132. The molecule has 5 heteroatoms. The van der Waals surface area contributed by atoms with Gasteiger partial charge >= 0.3 is 0 Å². The van der Waals surface area contributed by atoms with Crippen molar-refractivity contribution in [3.63, 3.8) is 0 Å². The maximum Gasteiger partial charge on any atom is 0.220 e. The zero-order chi connectivity index (χ0) is 14.1. The van der Waals surface area contributed by atoms with Crippen LogP contribution in [0.2, 0.25) is 5.15 Å². The second kappa shape index (κ2) is 5.38. The standard InChI is InChI=1S/C15H16ClN3O/c1-10-5-6-17-12(7-10)13-9-19(2)8-11-3-4-14(16)18-15(11)20-13/h3-7,13H,8-9H2,1-2H3/t13-/m1/s1. The first-order chi connectivity index (χ1) is 9.61. The van der Waals surface area contributed by atoms with E-state index in [1.165, 1.54) is 5.56 Å². The Bertz CT molecular complexity index is 632. The quantitative estimate of drug-likeness (QED) is 0.757. The second-order valence-electron chi connectivity index (χ2n) is 5.16. The molecule has 104 valence electrons. The van der Waals surface area contributed by atoms with E-state index in [1.807, 2.05) is 24.4 Å². The maximum absolute atomic E-state index is 6.05. The summed E-state index contributed by atoms with van der Waals surface area (Å²) in [6.45, 7) is 3.61. The molecule has 0 N–H and O–H groups in total. The van der Waals surface area contributed by atoms with E-state index in [2.05, 4.69) is 28.8 Å². The van der Waals surface area contributed by atoms with Crippen LogP contribution in [0.4, 0.5) is 0 Å². The van der Waals surface area contributed by atoms with Crippen molar-refractivity contribution in [3.8, 4) is 5.88 Å². The van der Waals surface area contributed by atoms with Crippen molar-refractivity contribution in [1.29, 1.82) is 0 Å².